The molecule has 0 amide bonds. The molecule has 1 rings (SSSR count). The van der Waals surface area contributed by atoms with Crippen LogP contribution >= 0.6 is 0 Å². The van der Waals surface area contributed by atoms with Gasteiger partial charge in [-0.15, -0.1) is 9.66 Å². The van der Waals surface area contributed by atoms with Gasteiger partial charge in [0.2, 0.25) is 20.0 Å². The lowest BCUT2D eigenvalue weighted by molar-refractivity contribution is 0.564. The van der Waals surface area contributed by atoms with E-state index in [9.17, 15) is 16.8 Å². The van der Waals surface area contributed by atoms with Crippen LogP contribution in [0.1, 0.15) is 6.42 Å². The fourth-order valence-electron chi connectivity index (χ4n) is 0.668. The molecule has 11 heavy (non-hydrogen) atoms. The second-order valence-electron chi connectivity index (χ2n) is 2.20. The van der Waals surface area contributed by atoms with Gasteiger partial charge in [-0.3, -0.25) is 0 Å². The topological polar surface area (TPSA) is 92.3 Å². The third-order valence-corrected chi connectivity index (χ3v) is 3.79. The summed E-state index contributed by atoms with van der Waals surface area (Å²) in [6.45, 7) is 0. The average molecular weight is 200 g/mol. The van der Waals surface area contributed by atoms with Gasteiger partial charge in [0, 0.05) is 0 Å². The summed E-state index contributed by atoms with van der Waals surface area (Å²) in [4.78, 5) is 3.49. The lowest BCUT2D eigenvalue weighted by Gasteiger charge is -1.99. The van der Waals surface area contributed by atoms with Crippen molar-refractivity contribution in [1.29, 1.82) is 0 Å². The van der Waals surface area contributed by atoms with Crippen LogP contribution in [-0.4, -0.2) is 28.3 Å². The molecular formula is C3H8N2O4S2. The van der Waals surface area contributed by atoms with Crippen molar-refractivity contribution in [3.8, 4) is 0 Å². The molecule has 0 saturated carbocycles. The Balaban J connectivity index is 2.84. The Morgan fingerprint density at radius 3 is 1.55 bits per heavy atom. The molecule has 0 aliphatic carbocycles. The number of nitrogens with one attached hydrogen (secondary N) is 2. The van der Waals surface area contributed by atoms with Crippen LogP contribution in [0.15, 0.2) is 0 Å². The number of hydrogen-bond donors (Lipinski definition) is 2. The zero-order valence-electron chi connectivity index (χ0n) is 5.57. The molecule has 1 heterocycles. The summed E-state index contributed by atoms with van der Waals surface area (Å²) >= 11 is 0. The SMILES string of the molecule is O=S1(=O)CCCS(=O)(=O)NN1. The molecule has 8 heteroatoms. The molecule has 1 aliphatic rings. The molecule has 0 radical (unpaired) electrons. The highest BCUT2D eigenvalue weighted by molar-refractivity contribution is 7.93. The number of sulfonamides is 2. The molecule has 0 unspecified atom stereocenters. The zero-order chi connectivity index (χ0) is 8.54. The lowest BCUT2D eigenvalue weighted by atomic mass is 10.6. The van der Waals surface area contributed by atoms with E-state index in [-0.39, 0.29) is 17.9 Å². The summed E-state index contributed by atoms with van der Waals surface area (Å²) in [6.07, 6.45) is 0.130. The van der Waals surface area contributed by atoms with E-state index in [1.54, 1.807) is 9.66 Å². The van der Waals surface area contributed by atoms with Gasteiger partial charge in [-0.1, -0.05) is 0 Å². The van der Waals surface area contributed by atoms with Crippen molar-refractivity contribution in [1.82, 2.24) is 9.66 Å². The molecule has 0 atom stereocenters. The minimum atomic E-state index is -3.43. The molecule has 0 aromatic carbocycles. The second-order valence-corrected chi connectivity index (χ2v) is 5.88. The van der Waals surface area contributed by atoms with Gasteiger partial charge < -0.3 is 0 Å². The van der Waals surface area contributed by atoms with Crippen LogP contribution in [0.4, 0.5) is 0 Å². The highest BCUT2D eigenvalue weighted by Crippen LogP contribution is 1.97. The first-order valence-corrected chi connectivity index (χ1v) is 6.21. The van der Waals surface area contributed by atoms with Gasteiger partial charge in [-0.2, -0.15) is 0 Å². The summed E-state index contributed by atoms with van der Waals surface area (Å²) in [5, 5.41) is 0. The molecule has 66 valence electrons. The average Bonchev–Trinajstić information content (AvgIpc) is 1.92. The largest absolute Gasteiger partial charge is 0.225 e. The summed E-state index contributed by atoms with van der Waals surface area (Å²) in [5.74, 6) is -0.307. The predicted molar refractivity (Wildman–Crippen MR) is 38.5 cm³/mol. The first-order valence-electron chi connectivity index (χ1n) is 2.90. The van der Waals surface area contributed by atoms with Crippen LogP contribution < -0.4 is 9.66 Å². The van der Waals surface area contributed by atoms with E-state index in [0.29, 0.717) is 0 Å². The van der Waals surface area contributed by atoms with Crippen LogP contribution in [0.2, 0.25) is 0 Å². The van der Waals surface area contributed by atoms with Crippen molar-refractivity contribution in [2.24, 2.45) is 0 Å². The molecule has 0 aromatic rings. The molecule has 6 nitrogen and oxygen atoms in total. The molecular weight excluding hydrogens is 192 g/mol. The molecule has 1 aliphatic heterocycles. The number of hydrazine groups is 1. The van der Waals surface area contributed by atoms with Crippen molar-refractivity contribution in [3.05, 3.63) is 0 Å². The Kier molecular flexibility index (Phi) is 2.19. The van der Waals surface area contributed by atoms with Gasteiger partial charge >= 0.3 is 0 Å². The van der Waals surface area contributed by atoms with E-state index >= 15 is 0 Å². The lowest BCUT2D eigenvalue weighted by Crippen LogP contribution is -2.40. The number of hydrogen-bond acceptors (Lipinski definition) is 4. The van der Waals surface area contributed by atoms with E-state index in [1.165, 1.54) is 0 Å². The van der Waals surface area contributed by atoms with Gasteiger partial charge in [-0.05, 0) is 6.42 Å². The molecule has 2 N–H and O–H groups in total. The van der Waals surface area contributed by atoms with Crippen LogP contribution in [0.3, 0.4) is 0 Å². The molecule has 0 spiro atoms. The highest BCUT2D eigenvalue weighted by atomic mass is 32.2. The molecule has 1 saturated heterocycles. The first-order chi connectivity index (χ1) is 4.91. The Labute approximate surface area is 65.1 Å². The van der Waals surface area contributed by atoms with Gasteiger partial charge in [-0.25, -0.2) is 16.8 Å². The molecule has 0 aromatic heterocycles. The third-order valence-electron chi connectivity index (χ3n) is 1.18. The van der Waals surface area contributed by atoms with Crippen molar-refractivity contribution in [2.45, 2.75) is 6.42 Å². The number of rotatable bonds is 0. The van der Waals surface area contributed by atoms with Crippen LogP contribution in [0.5, 0.6) is 0 Å². The van der Waals surface area contributed by atoms with Crippen LogP contribution in [0, 0.1) is 0 Å². The summed E-state index contributed by atoms with van der Waals surface area (Å²) in [7, 11) is -6.86. The summed E-state index contributed by atoms with van der Waals surface area (Å²) in [6, 6.07) is 0. The van der Waals surface area contributed by atoms with E-state index in [0.717, 1.165) is 0 Å². The van der Waals surface area contributed by atoms with E-state index in [1.807, 2.05) is 0 Å². The minimum Gasteiger partial charge on any atom is -0.211 e. The van der Waals surface area contributed by atoms with Gasteiger partial charge in [0.05, 0.1) is 11.5 Å². The standard InChI is InChI=1S/C3H8N2O4S2/c6-10(7)2-1-3-11(8,9)5-4-10/h4-5H,1-3H2. The fraction of sp³-hybridized carbons (Fsp3) is 1.00. The summed E-state index contributed by atoms with van der Waals surface area (Å²) in [5.41, 5.74) is 0. The zero-order valence-corrected chi connectivity index (χ0v) is 7.20. The molecule has 1 fully saturated rings. The first kappa shape index (κ1) is 8.91. The Bertz CT molecular complexity index is 294. The van der Waals surface area contributed by atoms with Crippen LogP contribution in [0.25, 0.3) is 0 Å². The second kappa shape index (κ2) is 2.70. The van der Waals surface area contributed by atoms with Crippen molar-refractivity contribution < 1.29 is 16.8 Å². The quantitative estimate of drug-likeness (QED) is 0.480. The Hall–Kier alpha value is -0.180. The predicted octanol–water partition coefficient (Wildman–Crippen LogP) is -1.86. The Morgan fingerprint density at radius 2 is 1.18 bits per heavy atom. The monoisotopic (exact) mass is 200 g/mol. The smallest absolute Gasteiger partial charge is 0.211 e. The van der Waals surface area contributed by atoms with Gasteiger partial charge in [0.15, 0.2) is 0 Å². The summed E-state index contributed by atoms with van der Waals surface area (Å²) < 4.78 is 42.9. The fourth-order valence-corrected chi connectivity index (χ4v) is 3.12. The maximum absolute atomic E-state index is 10.7. The van der Waals surface area contributed by atoms with Crippen molar-refractivity contribution in [3.63, 3.8) is 0 Å². The maximum atomic E-state index is 10.7. The van der Waals surface area contributed by atoms with E-state index in [4.69, 9.17) is 0 Å². The van der Waals surface area contributed by atoms with Gasteiger partial charge in [0.25, 0.3) is 0 Å². The van der Waals surface area contributed by atoms with Gasteiger partial charge in [0.1, 0.15) is 0 Å². The molecule has 0 bridgehead atoms. The van der Waals surface area contributed by atoms with Crippen LogP contribution in [-0.2, 0) is 20.0 Å². The van der Waals surface area contributed by atoms with Crippen molar-refractivity contribution in [2.75, 3.05) is 11.5 Å². The normalized spacial score (nSPS) is 29.1. The minimum absolute atomic E-state index is 0.130. The maximum Gasteiger partial charge on any atom is 0.225 e. The highest BCUT2D eigenvalue weighted by Gasteiger charge is 2.21. The van der Waals surface area contributed by atoms with Crippen molar-refractivity contribution >= 4 is 20.0 Å². The Morgan fingerprint density at radius 1 is 0.818 bits per heavy atom. The third kappa shape index (κ3) is 2.73. The van der Waals surface area contributed by atoms with E-state index < -0.39 is 20.0 Å². The van der Waals surface area contributed by atoms with E-state index in [2.05, 4.69) is 0 Å².